The van der Waals surface area contributed by atoms with Crippen molar-refractivity contribution in [1.29, 1.82) is 0 Å². The van der Waals surface area contributed by atoms with E-state index in [1.165, 1.54) is 0 Å². The van der Waals surface area contributed by atoms with Gasteiger partial charge in [0.1, 0.15) is 0 Å². The molecule has 5 rings (SSSR count). The molecular weight excluding hydrogens is 572 g/mol. The quantitative estimate of drug-likeness (QED) is 0.511. The van der Waals surface area contributed by atoms with Crippen molar-refractivity contribution in [3.05, 3.63) is 71.8 Å². The fourth-order valence-electron chi connectivity index (χ4n) is 3.96. The Hall–Kier alpha value is -2.94. The Bertz CT molecular complexity index is 856. The molecule has 0 spiro atoms. The summed E-state index contributed by atoms with van der Waals surface area (Å²) in [7, 11) is 0. The first-order valence-electron chi connectivity index (χ1n) is 15.0. The van der Waals surface area contributed by atoms with Crippen molar-refractivity contribution in [2.75, 3.05) is 119 Å². The highest BCUT2D eigenvalue weighted by Gasteiger charge is 2.09. The molecule has 0 amide bonds. The summed E-state index contributed by atoms with van der Waals surface area (Å²) in [5.74, 6) is -1.76. The van der Waals surface area contributed by atoms with E-state index in [2.05, 4.69) is 9.80 Å². The van der Waals surface area contributed by atoms with Crippen LogP contribution in [0.1, 0.15) is 20.7 Å². The molecule has 0 aliphatic carbocycles. The van der Waals surface area contributed by atoms with Crippen LogP contribution in [-0.4, -0.2) is 151 Å². The minimum atomic E-state index is -0.879. The summed E-state index contributed by atoms with van der Waals surface area (Å²) in [4.78, 5) is 25.0. The molecule has 3 fully saturated rings. The lowest BCUT2D eigenvalue weighted by Gasteiger charge is -2.24. The summed E-state index contributed by atoms with van der Waals surface area (Å²) in [6.07, 6.45) is 0. The van der Waals surface area contributed by atoms with E-state index in [0.29, 0.717) is 90.4 Å². The number of hydrogen-bond donors (Lipinski definition) is 2. The van der Waals surface area contributed by atoms with Gasteiger partial charge >= 0.3 is 11.9 Å². The molecule has 0 atom stereocenters. The molecule has 3 heterocycles. The molecular formula is C32H48N2O10. The summed E-state index contributed by atoms with van der Waals surface area (Å²) >= 11 is 0. The van der Waals surface area contributed by atoms with Gasteiger partial charge in [-0.1, -0.05) is 36.4 Å². The van der Waals surface area contributed by atoms with Crippen molar-refractivity contribution >= 4 is 11.9 Å². The largest absolute Gasteiger partial charge is 0.478 e. The van der Waals surface area contributed by atoms with Crippen LogP contribution >= 0.6 is 0 Å². The molecule has 3 saturated heterocycles. The molecule has 0 unspecified atom stereocenters. The van der Waals surface area contributed by atoms with E-state index in [0.717, 1.165) is 39.3 Å². The van der Waals surface area contributed by atoms with Gasteiger partial charge in [0.15, 0.2) is 0 Å². The van der Waals surface area contributed by atoms with Crippen molar-refractivity contribution in [2.24, 2.45) is 0 Å². The molecule has 0 aromatic heterocycles. The van der Waals surface area contributed by atoms with Gasteiger partial charge in [0.25, 0.3) is 0 Å². The van der Waals surface area contributed by atoms with Gasteiger partial charge in [-0.3, -0.25) is 9.80 Å². The van der Waals surface area contributed by atoms with Crippen LogP contribution in [0.4, 0.5) is 0 Å². The van der Waals surface area contributed by atoms with E-state index in [-0.39, 0.29) is 0 Å². The average Bonchev–Trinajstić information content (AvgIpc) is 3.04. The zero-order chi connectivity index (χ0) is 31.5. The summed E-state index contributed by atoms with van der Waals surface area (Å²) in [6.45, 7) is 13.2. The van der Waals surface area contributed by atoms with E-state index in [9.17, 15) is 9.59 Å². The molecule has 2 aromatic carbocycles. The Balaban J connectivity index is 0.000000302. The zero-order valence-corrected chi connectivity index (χ0v) is 25.6. The third-order valence-electron chi connectivity index (χ3n) is 6.47. The standard InChI is InChI=1S/C18H36N2O6.2C7H6O2/c1-7-21-13-14-24-10-4-20-5-11-25-17-15-22-8-2-19(1)3-9-23-16-18-26-12-6-20;2*8-7(9)6-4-2-1-3-5-6/h1-18H2;2*1-5H,(H,8,9). The average molecular weight is 621 g/mol. The lowest BCUT2D eigenvalue weighted by molar-refractivity contribution is -0.0103. The molecule has 246 valence electrons. The first-order valence-corrected chi connectivity index (χ1v) is 15.0. The highest BCUT2D eigenvalue weighted by Crippen LogP contribution is 1.98. The molecule has 2 N–H and O–H groups in total. The van der Waals surface area contributed by atoms with E-state index in [4.69, 9.17) is 38.6 Å². The fraction of sp³-hybridized carbons (Fsp3) is 0.562. The van der Waals surface area contributed by atoms with E-state index >= 15 is 0 Å². The van der Waals surface area contributed by atoms with Crippen LogP contribution in [0.25, 0.3) is 0 Å². The molecule has 12 heteroatoms. The van der Waals surface area contributed by atoms with Gasteiger partial charge in [-0.05, 0) is 24.3 Å². The zero-order valence-electron chi connectivity index (χ0n) is 25.6. The van der Waals surface area contributed by atoms with Gasteiger partial charge < -0.3 is 38.6 Å². The Morgan fingerprint density at radius 1 is 0.409 bits per heavy atom. The number of fused-ring (bicyclic) bond motifs is 21. The first-order chi connectivity index (χ1) is 21.6. The highest BCUT2D eigenvalue weighted by molar-refractivity contribution is 5.87. The second kappa shape index (κ2) is 25.4. The van der Waals surface area contributed by atoms with Crippen LogP contribution in [-0.2, 0) is 28.4 Å². The lowest BCUT2D eigenvalue weighted by atomic mass is 10.2. The number of carbonyl (C=O) groups is 2. The maximum atomic E-state index is 10.2. The fourth-order valence-corrected chi connectivity index (χ4v) is 3.96. The molecule has 2 aromatic rings. The third kappa shape index (κ3) is 19.4. The van der Waals surface area contributed by atoms with Gasteiger partial charge in [0.05, 0.1) is 90.4 Å². The van der Waals surface area contributed by atoms with Crippen molar-refractivity contribution < 1.29 is 48.2 Å². The summed E-state index contributed by atoms with van der Waals surface area (Å²) in [5, 5.41) is 16.8. The van der Waals surface area contributed by atoms with Crippen molar-refractivity contribution in [3.63, 3.8) is 0 Å². The van der Waals surface area contributed by atoms with Gasteiger partial charge in [0.2, 0.25) is 0 Å². The second-order valence-electron chi connectivity index (χ2n) is 9.70. The van der Waals surface area contributed by atoms with Gasteiger partial charge in [0, 0.05) is 39.3 Å². The smallest absolute Gasteiger partial charge is 0.335 e. The van der Waals surface area contributed by atoms with Crippen LogP contribution in [0.3, 0.4) is 0 Å². The van der Waals surface area contributed by atoms with Gasteiger partial charge in [-0.25, -0.2) is 9.59 Å². The highest BCUT2D eigenvalue weighted by atomic mass is 16.5. The van der Waals surface area contributed by atoms with Crippen molar-refractivity contribution in [1.82, 2.24) is 9.80 Å². The molecule has 12 nitrogen and oxygen atoms in total. The van der Waals surface area contributed by atoms with Gasteiger partial charge in [-0.2, -0.15) is 0 Å². The van der Waals surface area contributed by atoms with Crippen molar-refractivity contribution in [3.8, 4) is 0 Å². The number of aromatic carboxylic acids is 2. The normalized spacial score (nSPS) is 21.6. The number of ether oxygens (including phenoxy) is 6. The van der Waals surface area contributed by atoms with Gasteiger partial charge in [-0.15, -0.1) is 0 Å². The number of carboxylic acid groups (broad SMARTS) is 2. The summed E-state index contributed by atoms with van der Waals surface area (Å²) in [6, 6.07) is 16.6. The maximum absolute atomic E-state index is 10.2. The number of hydrogen-bond acceptors (Lipinski definition) is 10. The molecule has 0 radical (unpaired) electrons. The van der Waals surface area contributed by atoms with E-state index in [1.807, 2.05) is 0 Å². The van der Waals surface area contributed by atoms with E-state index < -0.39 is 11.9 Å². The molecule has 2 bridgehead atoms. The van der Waals surface area contributed by atoms with Crippen LogP contribution in [0.2, 0.25) is 0 Å². The lowest BCUT2D eigenvalue weighted by Crippen LogP contribution is -2.36. The number of rotatable bonds is 2. The Labute approximate surface area is 260 Å². The predicted octanol–water partition coefficient (Wildman–Crippen LogP) is 2.49. The topological polar surface area (TPSA) is 136 Å². The maximum Gasteiger partial charge on any atom is 0.335 e. The molecule has 3 aliphatic heterocycles. The van der Waals surface area contributed by atoms with Crippen LogP contribution in [0.15, 0.2) is 60.7 Å². The predicted molar refractivity (Wildman–Crippen MR) is 165 cm³/mol. The number of benzene rings is 2. The minimum absolute atomic E-state index is 0.331. The van der Waals surface area contributed by atoms with Crippen molar-refractivity contribution in [2.45, 2.75) is 0 Å². The Kier molecular flexibility index (Phi) is 21.5. The SMILES string of the molecule is C1COCCN2CCOCCOCCN(CCO1)CCOCCOCC2.O=C(O)c1ccccc1.O=C(O)c1ccccc1. The monoisotopic (exact) mass is 620 g/mol. The summed E-state index contributed by atoms with van der Waals surface area (Å²) < 4.78 is 34.2. The van der Waals surface area contributed by atoms with Crippen LogP contribution in [0, 0.1) is 0 Å². The first kappa shape index (κ1) is 37.2. The van der Waals surface area contributed by atoms with Crippen LogP contribution in [0.5, 0.6) is 0 Å². The third-order valence-corrected chi connectivity index (χ3v) is 6.47. The number of nitrogens with zero attached hydrogens (tertiary/aromatic N) is 2. The molecule has 44 heavy (non-hydrogen) atoms. The second-order valence-corrected chi connectivity index (χ2v) is 9.70. The Morgan fingerprint density at radius 3 is 0.818 bits per heavy atom. The summed E-state index contributed by atoms with van der Waals surface area (Å²) in [5.41, 5.74) is 0.662. The minimum Gasteiger partial charge on any atom is -0.478 e. The molecule has 0 saturated carbocycles. The number of carboxylic acids is 2. The van der Waals surface area contributed by atoms with E-state index in [1.54, 1.807) is 60.7 Å². The van der Waals surface area contributed by atoms with Crippen LogP contribution < -0.4 is 0 Å². The molecule has 3 aliphatic rings. The Morgan fingerprint density at radius 2 is 0.636 bits per heavy atom.